The standard InChI is InChI=1S/C53H32N4S.C3H8/c1-2-11-33(12-3-1)35-21-24-37(25-22-35)51-54-52(40-26-23-34-13-4-5-15-38(34)31-40)56-53(55-51)57-46-20-9-8-17-43(46)44-19-10-18-42(50(44)57)39-28-29-47-45(32-39)49-41-16-7-6-14-36(41)27-30-48(49)58-47;1-3-2/h1-32H;3H2,1-2H3. The van der Waals surface area contributed by atoms with Gasteiger partial charge in [-0.3, -0.25) is 4.57 Å². The van der Waals surface area contributed by atoms with Gasteiger partial charge >= 0.3 is 0 Å². The Morgan fingerprint density at radius 1 is 0.410 bits per heavy atom. The highest BCUT2D eigenvalue weighted by atomic mass is 32.1. The molecule has 12 aromatic rings. The van der Waals surface area contributed by atoms with Crippen LogP contribution < -0.4 is 0 Å². The summed E-state index contributed by atoms with van der Waals surface area (Å²) in [6.07, 6.45) is 1.25. The molecule has 0 radical (unpaired) electrons. The maximum Gasteiger partial charge on any atom is 0.238 e. The van der Waals surface area contributed by atoms with E-state index in [0.29, 0.717) is 17.6 Å². The van der Waals surface area contributed by atoms with Crippen LogP contribution in [0.3, 0.4) is 0 Å². The molecular formula is C56H40N4S. The van der Waals surface area contributed by atoms with E-state index < -0.39 is 0 Å². The fraction of sp³-hybridized carbons (Fsp3) is 0.0536. The van der Waals surface area contributed by atoms with Crippen LogP contribution in [-0.4, -0.2) is 19.5 Å². The number of hydrogen-bond acceptors (Lipinski definition) is 4. The lowest BCUT2D eigenvalue weighted by molar-refractivity contribution is 0.954. The number of thiophene rings is 1. The Hall–Kier alpha value is -7.47. The summed E-state index contributed by atoms with van der Waals surface area (Å²) in [4.78, 5) is 15.8. The predicted octanol–water partition coefficient (Wildman–Crippen LogP) is 15.7. The van der Waals surface area contributed by atoms with Crippen LogP contribution in [0.2, 0.25) is 0 Å². The summed E-state index contributed by atoms with van der Waals surface area (Å²) in [6, 6.07) is 69.2. The molecule has 0 aliphatic rings. The summed E-state index contributed by atoms with van der Waals surface area (Å²) in [5, 5.41) is 9.73. The second-order valence-electron chi connectivity index (χ2n) is 15.5. The summed E-state index contributed by atoms with van der Waals surface area (Å²) in [6.45, 7) is 4.25. The van der Waals surface area contributed by atoms with Gasteiger partial charge in [-0.25, -0.2) is 4.98 Å². The molecule has 0 N–H and O–H groups in total. The highest BCUT2D eigenvalue weighted by molar-refractivity contribution is 7.26. The summed E-state index contributed by atoms with van der Waals surface area (Å²) in [5.74, 6) is 1.82. The van der Waals surface area contributed by atoms with E-state index in [1.165, 1.54) is 48.3 Å². The number of rotatable bonds is 5. The Morgan fingerprint density at radius 2 is 1.00 bits per heavy atom. The fourth-order valence-corrected chi connectivity index (χ4v) is 9.77. The summed E-state index contributed by atoms with van der Waals surface area (Å²) >= 11 is 1.85. The monoisotopic (exact) mass is 800 g/mol. The van der Waals surface area contributed by atoms with E-state index >= 15 is 0 Å². The minimum atomic E-state index is 0.576. The first-order valence-electron chi connectivity index (χ1n) is 20.9. The van der Waals surface area contributed by atoms with Gasteiger partial charge in [0.25, 0.3) is 0 Å². The molecule has 290 valence electrons. The van der Waals surface area contributed by atoms with Crippen molar-refractivity contribution in [2.75, 3.05) is 0 Å². The van der Waals surface area contributed by atoms with Crippen molar-refractivity contribution < 1.29 is 0 Å². The Kier molecular flexibility index (Phi) is 9.17. The van der Waals surface area contributed by atoms with Crippen molar-refractivity contribution >= 4 is 74.9 Å². The van der Waals surface area contributed by atoms with Crippen LogP contribution in [0, 0.1) is 0 Å². The molecule has 0 saturated heterocycles. The zero-order chi connectivity index (χ0) is 40.9. The summed E-state index contributed by atoms with van der Waals surface area (Å²) < 4.78 is 4.83. The summed E-state index contributed by atoms with van der Waals surface area (Å²) in [7, 11) is 0. The quantitative estimate of drug-likeness (QED) is 0.174. The molecule has 0 spiro atoms. The number of aromatic nitrogens is 4. The first-order valence-corrected chi connectivity index (χ1v) is 21.7. The maximum atomic E-state index is 5.34. The van der Waals surface area contributed by atoms with Crippen molar-refractivity contribution in [3.05, 3.63) is 194 Å². The molecule has 3 aromatic heterocycles. The van der Waals surface area contributed by atoms with Crippen molar-refractivity contribution in [2.45, 2.75) is 20.3 Å². The van der Waals surface area contributed by atoms with Gasteiger partial charge < -0.3 is 0 Å². The second kappa shape index (κ2) is 15.3. The van der Waals surface area contributed by atoms with Crippen LogP contribution in [-0.2, 0) is 0 Å². The molecule has 4 nitrogen and oxygen atoms in total. The fourth-order valence-electron chi connectivity index (χ4n) is 8.67. The Labute approximate surface area is 358 Å². The zero-order valence-corrected chi connectivity index (χ0v) is 34.7. The minimum absolute atomic E-state index is 0.576. The van der Waals surface area contributed by atoms with Crippen molar-refractivity contribution in [2.24, 2.45) is 0 Å². The van der Waals surface area contributed by atoms with Gasteiger partial charge in [0.1, 0.15) is 0 Å². The van der Waals surface area contributed by atoms with Gasteiger partial charge in [0.15, 0.2) is 11.6 Å². The Morgan fingerprint density at radius 3 is 1.82 bits per heavy atom. The van der Waals surface area contributed by atoms with Gasteiger partial charge in [0.2, 0.25) is 5.95 Å². The average molecular weight is 801 g/mol. The lowest BCUT2D eigenvalue weighted by Gasteiger charge is -2.13. The highest BCUT2D eigenvalue weighted by Gasteiger charge is 2.21. The molecule has 0 aliphatic carbocycles. The molecule has 0 amide bonds. The molecule has 3 heterocycles. The Bertz CT molecular complexity index is 3580. The van der Waals surface area contributed by atoms with E-state index in [1.54, 1.807) is 0 Å². The van der Waals surface area contributed by atoms with Crippen LogP contribution in [0.4, 0.5) is 0 Å². The molecule has 0 aliphatic heterocycles. The van der Waals surface area contributed by atoms with E-state index in [4.69, 9.17) is 15.0 Å². The topological polar surface area (TPSA) is 43.6 Å². The van der Waals surface area contributed by atoms with Crippen LogP contribution >= 0.6 is 11.3 Å². The van der Waals surface area contributed by atoms with Crippen molar-refractivity contribution in [1.29, 1.82) is 0 Å². The first-order chi connectivity index (χ1) is 30.1. The van der Waals surface area contributed by atoms with E-state index in [1.807, 2.05) is 17.4 Å². The number of nitrogens with zero attached hydrogens (tertiary/aromatic N) is 4. The third-order valence-corrected chi connectivity index (χ3v) is 12.6. The highest BCUT2D eigenvalue weighted by Crippen LogP contribution is 2.43. The van der Waals surface area contributed by atoms with Crippen molar-refractivity contribution in [3.8, 4) is 51.0 Å². The largest absolute Gasteiger partial charge is 0.277 e. The van der Waals surface area contributed by atoms with Crippen LogP contribution in [0.15, 0.2) is 194 Å². The number of para-hydroxylation sites is 2. The molecule has 0 unspecified atom stereocenters. The molecule has 61 heavy (non-hydrogen) atoms. The molecule has 5 heteroatoms. The van der Waals surface area contributed by atoms with E-state index in [-0.39, 0.29) is 0 Å². The lowest BCUT2D eigenvalue weighted by atomic mass is 9.98. The molecule has 0 bridgehead atoms. The molecule has 0 atom stereocenters. The Balaban J connectivity index is 0.00000136. The third-order valence-electron chi connectivity index (χ3n) is 11.4. The summed E-state index contributed by atoms with van der Waals surface area (Å²) in [5.41, 5.74) is 8.55. The first kappa shape index (κ1) is 36.6. The van der Waals surface area contributed by atoms with Gasteiger partial charge in [0.05, 0.1) is 11.0 Å². The number of hydrogen-bond donors (Lipinski definition) is 0. The van der Waals surface area contributed by atoms with Crippen LogP contribution in [0.25, 0.3) is 115 Å². The van der Waals surface area contributed by atoms with E-state index in [0.717, 1.165) is 55.0 Å². The smallest absolute Gasteiger partial charge is 0.238 e. The SMILES string of the molecule is CCC.c1ccc(-c2ccc(-c3nc(-c4ccc5ccccc5c4)nc(-n4c5ccccc5c5cccc(-c6ccc7sc8ccc9ccccc9c8c7c6)c54)n3)cc2)cc1. The number of benzene rings is 9. The lowest BCUT2D eigenvalue weighted by Crippen LogP contribution is -2.07. The van der Waals surface area contributed by atoms with Gasteiger partial charge in [-0.05, 0) is 68.6 Å². The van der Waals surface area contributed by atoms with Crippen LogP contribution in [0.5, 0.6) is 0 Å². The van der Waals surface area contributed by atoms with E-state index in [9.17, 15) is 0 Å². The zero-order valence-electron chi connectivity index (χ0n) is 33.9. The van der Waals surface area contributed by atoms with E-state index in [2.05, 4.69) is 206 Å². The maximum absolute atomic E-state index is 5.34. The normalized spacial score (nSPS) is 11.5. The second-order valence-corrected chi connectivity index (χ2v) is 16.6. The van der Waals surface area contributed by atoms with Crippen molar-refractivity contribution in [1.82, 2.24) is 19.5 Å². The molecule has 0 fully saturated rings. The minimum Gasteiger partial charge on any atom is -0.277 e. The molecule has 9 aromatic carbocycles. The molecule has 0 saturated carbocycles. The predicted molar refractivity (Wildman–Crippen MR) is 260 cm³/mol. The molecule has 12 rings (SSSR count). The third kappa shape index (κ3) is 6.42. The van der Waals surface area contributed by atoms with Gasteiger partial charge in [-0.15, -0.1) is 11.3 Å². The van der Waals surface area contributed by atoms with Gasteiger partial charge in [-0.1, -0.05) is 184 Å². The van der Waals surface area contributed by atoms with Crippen LogP contribution in [0.1, 0.15) is 20.3 Å². The van der Waals surface area contributed by atoms with Crippen molar-refractivity contribution in [3.63, 3.8) is 0 Å². The van der Waals surface area contributed by atoms with Gasteiger partial charge in [-0.2, -0.15) is 9.97 Å². The molecular weight excluding hydrogens is 761 g/mol. The van der Waals surface area contributed by atoms with Gasteiger partial charge in [0, 0.05) is 47.6 Å². The average Bonchev–Trinajstić information content (AvgIpc) is 3.88. The number of fused-ring (bicyclic) bond motifs is 9.